The highest BCUT2D eigenvalue weighted by Crippen LogP contribution is 2.31. The van der Waals surface area contributed by atoms with Crippen LogP contribution in [0.15, 0.2) is 24.3 Å². The zero-order valence-electron chi connectivity index (χ0n) is 11.7. The molecule has 104 valence electrons. The summed E-state index contributed by atoms with van der Waals surface area (Å²) in [6.07, 6.45) is 4.96. The van der Waals surface area contributed by atoms with Gasteiger partial charge in [-0.1, -0.05) is 38.2 Å². The zero-order valence-corrected chi connectivity index (χ0v) is 11.7. The number of carbonyl (C=O) groups is 2. The van der Waals surface area contributed by atoms with E-state index in [4.69, 9.17) is 0 Å². The van der Waals surface area contributed by atoms with Gasteiger partial charge in [0.1, 0.15) is 0 Å². The van der Waals surface area contributed by atoms with E-state index in [1.165, 1.54) is 5.57 Å². The van der Waals surface area contributed by atoms with E-state index in [2.05, 4.69) is 36.7 Å². The fraction of sp³-hybridized carbons (Fsp3) is 0.600. The summed E-state index contributed by atoms with van der Waals surface area (Å²) in [4.78, 5) is 25.3. The smallest absolute Gasteiger partial charge is 0.243 e. The molecule has 1 unspecified atom stereocenters. The van der Waals surface area contributed by atoms with Gasteiger partial charge in [-0.25, -0.2) is 0 Å². The van der Waals surface area contributed by atoms with Crippen molar-refractivity contribution in [3.8, 4) is 0 Å². The van der Waals surface area contributed by atoms with Crippen molar-refractivity contribution < 1.29 is 9.59 Å². The van der Waals surface area contributed by atoms with Crippen LogP contribution in [0.25, 0.3) is 0 Å². The number of hydrogen-bond acceptors (Lipinski definition) is 3. The number of rotatable bonds is 3. The van der Waals surface area contributed by atoms with Crippen LogP contribution in [0.1, 0.15) is 26.7 Å². The Labute approximate surface area is 114 Å². The van der Waals surface area contributed by atoms with E-state index >= 15 is 0 Å². The van der Waals surface area contributed by atoms with Crippen molar-refractivity contribution in [1.82, 2.24) is 10.2 Å². The topological polar surface area (TPSA) is 49.4 Å². The molecule has 2 heterocycles. The fourth-order valence-electron chi connectivity index (χ4n) is 3.02. The van der Waals surface area contributed by atoms with Gasteiger partial charge in [0.15, 0.2) is 0 Å². The minimum absolute atomic E-state index is 0.140. The first-order chi connectivity index (χ1) is 9.02. The summed E-state index contributed by atoms with van der Waals surface area (Å²) < 4.78 is 0. The number of nitrogens with zero attached hydrogens (tertiary/aromatic N) is 1. The lowest BCUT2D eigenvalue weighted by Crippen LogP contribution is -2.51. The van der Waals surface area contributed by atoms with Crippen molar-refractivity contribution in [2.24, 2.45) is 11.8 Å². The predicted octanol–water partition coefficient (Wildman–Crippen LogP) is 1.49. The van der Waals surface area contributed by atoms with E-state index in [9.17, 15) is 9.59 Å². The Balaban J connectivity index is 2.11. The molecule has 0 aliphatic carbocycles. The van der Waals surface area contributed by atoms with Gasteiger partial charge in [0.05, 0.1) is 6.04 Å². The maximum absolute atomic E-state index is 11.9. The number of imide groups is 1. The molecule has 0 aromatic carbocycles. The summed E-state index contributed by atoms with van der Waals surface area (Å²) in [5, 5.41) is 2.44. The Morgan fingerprint density at radius 2 is 2.16 bits per heavy atom. The molecule has 0 aromatic heterocycles. The lowest BCUT2D eigenvalue weighted by atomic mass is 9.91. The van der Waals surface area contributed by atoms with Gasteiger partial charge in [0.2, 0.25) is 11.8 Å². The quantitative estimate of drug-likeness (QED) is 0.784. The van der Waals surface area contributed by atoms with Gasteiger partial charge in [-0.3, -0.25) is 19.8 Å². The molecule has 2 saturated heterocycles. The van der Waals surface area contributed by atoms with Gasteiger partial charge in [0.25, 0.3) is 0 Å². The first-order valence-corrected chi connectivity index (χ1v) is 6.92. The Hall–Kier alpha value is -1.42. The monoisotopic (exact) mass is 262 g/mol. The highest BCUT2D eigenvalue weighted by Gasteiger charge is 2.38. The van der Waals surface area contributed by atoms with Crippen LogP contribution in [-0.4, -0.2) is 35.8 Å². The molecular formula is C15H22N2O2. The number of likely N-dealkylation sites (tertiary alicyclic amines) is 1. The molecule has 19 heavy (non-hydrogen) atoms. The summed E-state index contributed by atoms with van der Waals surface area (Å²) in [5.41, 5.74) is 1.34. The number of allylic oxidation sites excluding steroid dienone is 2. The van der Waals surface area contributed by atoms with E-state index in [-0.39, 0.29) is 17.9 Å². The summed E-state index contributed by atoms with van der Waals surface area (Å²) in [7, 11) is 0. The lowest BCUT2D eigenvalue weighted by molar-refractivity contribution is -0.137. The van der Waals surface area contributed by atoms with Gasteiger partial charge >= 0.3 is 0 Å². The number of nitrogens with one attached hydrogen (secondary N) is 1. The van der Waals surface area contributed by atoms with Crippen LogP contribution in [0.2, 0.25) is 0 Å². The molecule has 2 fully saturated rings. The van der Waals surface area contributed by atoms with Crippen molar-refractivity contribution in [3.63, 3.8) is 0 Å². The molecule has 2 atom stereocenters. The van der Waals surface area contributed by atoms with Crippen molar-refractivity contribution in [2.75, 3.05) is 13.1 Å². The Bertz CT molecular complexity index is 426. The van der Waals surface area contributed by atoms with Crippen molar-refractivity contribution in [1.29, 1.82) is 0 Å². The molecule has 0 spiro atoms. The second-order valence-corrected chi connectivity index (χ2v) is 5.72. The molecule has 2 rings (SSSR count). The molecule has 2 amide bonds. The maximum Gasteiger partial charge on any atom is 0.243 e. The van der Waals surface area contributed by atoms with E-state index in [0.717, 1.165) is 13.1 Å². The van der Waals surface area contributed by atoms with Crippen LogP contribution in [0, 0.1) is 11.8 Å². The highest BCUT2D eigenvalue weighted by molar-refractivity contribution is 6.00. The SMILES string of the molecule is C=C/C=C1/CN(C2CCC(=O)NC2=O)C[C@@H]1C(C)C. The van der Waals surface area contributed by atoms with E-state index in [1.54, 1.807) is 0 Å². The third-order valence-corrected chi connectivity index (χ3v) is 4.08. The summed E-state index contributed by atoms with van der Waals surface area (Å²) in [5.74, 6) is 0.731. The van der Waals surface area contributed by atoms with Crippen molar-refractivity contribution >= 4 is 11.8 Å². The van der Waals surface area contributed by atoms with Gasteiger partial charge < -0.3 is 0 Å². The average Bonchev–Trinajstić information content (AvgIpc) is 2.73. The molecule has 0 bridgehead atoms. The van der Waals surface area contributed by atoms with Crippen LogP contribution in [0.5, 0.6) is 0 Å². The van der Waals surface area contributed by atoms with Crippen LogP contribution < -0.4 is 5.32 Å². The first kappa shape index (κ1) is 14.0. The van der Waals surface area contributed by atoms with E-state index in [0.29, 0.717) is 24.7 Å². The van der Waals surface area contributed by atoms with Gasteiger partial charge in [-0.2, -0.15) is 0 Å². The highest BCUT2D eigenvalue weighted by atomic mass is 16.2. The normalized spacial score (nSPS) is 31.0. The molecule has 0 aromatic rings. The third kappa shape index (κ3) is 2.95. The Morgan fingerprint density at radius 3 is 2.74 bits per heavy atom. The molecule has 2 aliphatic rings. The van der Waals surface area contributed by atoms with Crippen LogP contribution in [0.3, 0.4) is 0 Å². The molecule has 2 aliphatic heterocycles. The average molecular weight is 262 g/mol. The summed E-state index contributed by atoms with van der Waals surface area (Å²) in [6, 6.07) is -0.158. The van der Waals surface area contributed by atoms with E-state index in [1.807, 2.05) is 6.08 Å². The second-order valence-electron chi connectivity index (χ2n) is 5.72. The van der Waals surface area contributed by atoms with Crippen LogP contribution in [-0.2, 0) is 9.59 Å². The molecule has 0 saturated carbocycles. The zero-order chi connectivity index (χ0) is 14.0. The van der Waals surface area contributed by atoms with Crippen molar-refractivity contribution in [2.45, 2.75) is 32.7 Å². The van der Waals surface area contributed by atoms with Gasteiger partial charge in [-0.05, 0) is 18.3 Å². The Kier molecular flexibility index (Phi) is 4.20. The van der Waals surface area contributed by atoms with E-state index < -0.39 is 0 Å². The summed E-state index contributed by atoms with van der Waals surface area (Å²) >= 11 is 0. The van der Waals surface area contributed by atoms with Gasteiger partial charge in [-0.15, -0.1) is 0 Å². The molecule has 0 radical (unpaired) electrons. The minimum atomic E-state index is -0.158. The Morgan fingerprint density at radius 1 is 1.42 bits per heavy atom. The lowest BCUT2D eigenvalue weighted by Gasteiger charge is -2.29. The summed E-state index contributed by atoms with van der Waals surface area (Å²) in [6.45, 7) is 9.87. The number of amides is 2. The number of hydrogen-bond donors (Lipinski definition) is 1. The number of piperidine rings is 1. The largest absolute Gasteiger partial charge is 0.295 e. The third-order valence-electron chi connectivity index (χ3n) is 4.08. The standard InChI is InChI=1S/C15H22N2O2/c1-4-5-11-8-17(9-12(11)10(2)3)13-6-7-14(18)16-15(13)19/h4-5,10,12-13H,1,6-9H2,2-3H3,(H,16,18,19)/b11-5-/t12-,13?/m1/s1. The maximum atomic E-state index is 11.9. The minimum Gasteiger partial charge on any atom is -0.295 e. The van der Waals surface area contributed by atoms with Gasteiger partial charge in [0, 0.05) is 19.5 Å². The first-order valence-electron chi connectivity index (χ1n) is 6.92. The second kappa shape index (κ2) is 5.70. The van der Waals surface area contributed by atoms with Crippen LogP contribution >= 0.6 is 0 Å². The number of carbonyl (C=O) groups excluding carboxylic acids is 2. The van der Waals surface area contributed by atoms with Crippen LogP contribution in [0.4, 0.5) is 0 Å². The molecular weight excluding hydrogens is 240 g/mol. The fourth-order valence-corrected chi connectivity index (χ4v) is 3.02. The molecule has 1 N–H and O–H groups in total. The van der Waals surface area contributed by atoms with Crippen molar-refractivity contribution in [3.05, 3.63) is 24.3 Å². The molecule has 4 heteroatoms. The predicted molar refractivity (Wildman–Crippen MR) is 74.4 cm³/mol. The molecule has 4 nitrogen and oxygen atoms in total.